The normalized spacial score (nSPS) is 10.9. The van der Waals surface area contributed by atoms with E-state index in [0.717, 1.165) is 0 Å². The quantitative estimate of drug-likeness (QED) is 0.817. The van der Waals surface area contributed by atoms with Gasteiger partial charge in [-0.05, 0) is 29.7 Å². The molecule has 18 heavy (non-hydrogen) atoms. The first kappa shape index (κ1) is 14.2. The van der Waals surface area contributed by atoms with Crippen LogP contribution in [0, 0.1) is 11.7 Å². The summed E-state index contributed by atoms with van der Waals surface area (Å²) in [5.41, 5.74) is 0.619. The number of methoxy groups -OCH3 is 1. The number of carbonyl (C=O) groups is 1. The number of carbonyl (C=O) groups excluding carboxylic acids is 1. The van der Waals surface area contributed by atoms with Crippen LogP contribution in [0.3, 0.4) is 0 Å². The highest BCUT2D eigenvalue weighted by Crippen LogP contribution is 2.18. The van der Waals surface area contributed by atoms with Crippen molar-refractivity contribution >= 4 is 12.0 Å². The van der Waals surface area contributed by atoms with Crippen LogP contribution in [0.25, 0.3) is 6.08 Å². The number of rotatable bonds is 5. The highest BCUT2D eigenvalue weighted by atomic mass is 19.1. The first-order valence-electron chi connectivity index (χ1n) is 5.82. The van der Waals surface area contributed by atoms with Crippen molar-refractivity contribution in [1.82, 2.24) is 5.32 Å². The number of hydrogen-bond acceptors (Lipinski definition) is 2. The summed E-state index contributed by atoms with van der Waals surface area (Å²) in [5, 5.41) is 2.75. The van der Waals surface area contributed by atoms with E-state index in [9.17, 15) is 9.18 Å². The zero-order valence-electron chi connectivity index (χ0n) is 10.9. The van der Waals surface area contributed by atoms with Gasteiger partial charge in [-0.15, -0.1) is 0 Å². The lowest BCUT2D eigenvalue weighted by Gasteiger charge is -2.04. The lowest BCUT2D eigenvalue weighted by molar-refractivity contribution is -0.116. The highest BCUT2D eigenvalue weighted by molar-refractivity contribution is 5.91. The third kappa shape index (κ3) is 4.57. The molecule has 0 atom stereocenters. The summed E-state index contributed by atoms with van der Waals surface area (Å²) in [6.07, 6.45) is 2.96. The van der Waals surface area contributed by atoms with Crippen LogP contribution in [0.2, 0.25) is 0 Å². The summed E-state index contributed by atoms with van der Waals surface area (Å²) in [7, 11) is 1.41. The SMILES string of the molecule is COc1ccc(/C=C/C(=O)NCC(C)C)cc1F. The van der Waals surface area contributed by atoms with Crippen molar-refractivity contribution in [3.8, 4) is 5.75 Å². The zero-order valence-corrected chi connectivity index (χ0v) is 10.9. The predicted molar refractivity (Wildman–Crippen MR) is 69.8 cm³/mol. The standard InChI is InChI=1S/C14H18FNO2/c1-10(2)9-16-14(17)7-5-11-4-6-13(18-3)12(15)8-11/h4-8,10H,9H2,1-3H3,(H,16,17)/b7-5+. The van der Waals surface area contributed by atoms with Crippen LogP contribution in [0.1, 0.15) is 19.4 Å². The summed E-state index contributed by atoms with van der Waals surface area (Å²) in [6.45, 7) is 4.66. The first-order chi connectivity index (χ1) is 8.52. The molecule has 1 N–H and O–H groups in total. The van der Waals surface area contributed by atoms with Crippen molar-refractivity contribution in [3.05, 3.63) is 35.7 Å². The van der Waals surface area contributed by atoms with Gasteiger partial charge < -0.3 is 10.1 Å². The number of ether oxygens (including phenoxy) is 1. The molecule has 0 aliphatic carbocycles. The molecule has 0 unspecified atom stereocenters. The molecule has 0 bridgehead atoms. The molecular formula is C14H18FNO2. The topological polar surface area (TPSA) is 38.3 Å². The highest BCUT2D eigenvalue weighted by Gasteiger charge is 2.02. The monoisotopic (exact) mass is 251 g/mol. The molecule has 1 aromatic rings. The largest absolute Gasteiger partial charge is 0.494 e. The Morgan fingerprint density at radius 1 is 1.50 bits per heavy atom. The van der Waals surface area contributed by atoms with Gasteiger partial charge in [0.2, 0.25) is 5.91 Å². The predicted octanol–water partition coefficient (Wildman–Crippen LogP) is 2.62. The van der Waals surface area contributed by atoms with Crippen LogP contribution in [-0.4, -0.2) is 19.6 Å². The summed E-state index contributed by atoms with van der Waals surface area (Å²) in [5.74, 6) is -0.0284. The van der Waals surface area contributed by atoms with Gasteiger partial charge in [-0.25, -0.2) is 4.39 Å². The summed E-state index contributed by atoms with van der Waals surface area (Å²) in [4.78, 5) is 11.4. The molecule has 3 nitrogen and oxygen atoms in total. The Hall–Kier alpha value is -1.84. The molecule has 1 aromatic carbocycles. The van der Waals surface area contributed by atoms with Gasteiger partial charge >= 0.3 is 0 Å². The second-order valence-electron chi connectivity index (χ2n) is 4.37. The van der Waals surface area contributed by atoms with E-state index in [-0.39, 0.29) is 11.7 Å². The van der Waals surface area contributed by atoms with E-state index in [2.05, 4.69) is 5.32 Å². The molecule has 0 radical (unpaired) electrons. The molecule has 1 rings (SSSR count). The minimum Gasteiger partial charge on any atom is -0.494 e. The lowest BCUT2D eigenvalue weighted by Crippen LogP contribution is -2.25. The van der Waals surface area contributed by atoms with Crippen molar-refractivity contribution in [2.24, 2.45) is 5.92 Å². The molecule has 0 saturated carbocycles. The summed E-state index contributed by atoms with van der Waals surface area (Å²) in [6, 6.07) is 4.54. The Morgan fingerprint density at radius 2 is 2.22 bits per heavy atom. The Bertz CT molecular complexity index is 441. The molecule has 1 amide bonds. The van der Waals surface area contributed by atoms with E-state index in [1.807, 2.05) is 13.8 Å². The molecule has 0 spiro atoms. The maximum Gasteiger partial charge on any atom is 0.244 e. The molecular weight excluding hydrogens is 233 g/mol. The van der Waals surface area contributed by atoms with E-state index in [1.54, 1.807) is 12.1 Å². The molecule has 0 heterocycles. The minimum atomic E-state index is -0.442. The second kappa shape index (κ2) is 6.79. The number of amides is 1. The second-order valence-corrected chi connectivity index (χ2v) is 4.37. The molecule has 4 heteroatoms. The molecule has 98 valence electrons. The van der Waals surface area contributed by atoms with Crippen molar-refractivity contribution in [3.63, 3.8) is 0 Å². The van der Waals surface area contributed by atoms with Gasteiger partial charge in [0, 0.05) is 12.6 Å². The van der Waals surface area contributed by atoms with Crippen LogP contribution in [0.4, 0.5) is 4.39 Å². The van der Waals surface area contributed by atoms with E-state index in [0.29, 0.717) is 18.0 Å². The van der Waals surface area contributed by atoms with Gasteiger partial charge in [0.15, 0.2) is 11.6 Å². The van der Waals surface area contributed by atoms with Crippen LogP contribution >= 0.6 is 0 Å². The Kier molecular flexibility index (Phi) is 5.36. The number of benzene rings is 1. The van der Waals surface area contributed by atoms with E-state index in [1.165, 1.54) is 25.3 Å². The smallest absolute Gasteiger partial charge is 0.244 e. The number of nitrogens with one attached hydrogen (secondary N) is 1. The van der Waals surface area contributed by atoms with Crippen LogP contribution in [-0.2, 0) is 4.79 Å². The van der Waals surface area contributed by atoms with E-state index < -0.39 is 5.82 Å². The number of hydrogen-bond donors (Lipinski definition) is 1. The van der Waals surface area contributed by atoms with Crippen LogP contribution in [0.15, 0.2) is 24.3 Å². The fourth-order valence-corrected chi connectivity index (χ4v) is 1.32. The third-order valence-corrected chi connectivity index (χ3v) is 2.29. The molecule has 0 saturated heterocycles. The van der Waals surface area contributed by atoms with Crippen molar-refractivity contribution in [1.29, 1.82) is 0 Å². The van der Waals surface area contributed by atoms with Crippen LogP contribution in [0.5, 0.6) is 5.75 Å². The van der Waals surface area contributed by atoms with Gasteiger partial charge in [-0.2, -0.15) is 0 Å². The Labute approximate surface area is 107 Å². The summed E-state index contributed by atoms with van der Waals surface area (Å²) < 4.78 is 18.2. The molecule has 0 fully saturated rings. The van der Waals surface area contributed by atoms with Gasteiger partial charge in [-0.3, -0.25) is 4.79 Å². The molecule has 0 aromatic heterocycles. The average Bonchev–Trinajstić information content (AvgIpc) is 2.34. The van der Waals surface area contributed by atoms with Crippen molar-refractivity contribution in [2.75, 3.05) is 13.7 Å². The Balaban J connectivity index is 2.61. The third-order valence-electron chi connectivity index (χ3n) is 2.29. The van der Waals surface area contributed by atoms with E-state index in [4.69, 9.17) is 4.74 Å². The summed E-state index contributed by atoms with van der Waals surface area (Å²) >= 11 is 0. The fraction of sp³-hybridized carbons (Fsp3) is 0.357. The molecule has 0 aliphatic rings. The number of halogens is 1. The first-order valence-corrected chi connectivity index (χ1v) is 5.82. The van der Waals surface area contributed by atoms with Gasteiger partial charge in [0.1, 0.15) is 0 Å². The molecule has 0 aliphatic heterocycles. The Morgan fingerprint density at radius 3 is 2.78 bits per heavy atom. The van der Waals surface area contributed by atoms with Gasteiger partial charge in [0.25, 0.3) is 0 Å². The lowest BCUT2D eigenvalue weighted by atomic mass is 10.2. The van der Waals surface area contributed by atoms with Crippen LogP contribution < -0.4 is 10.1 Å². The maximum atomic E-state index is 13.4. The van der Waals surface area contributed by atoms with Crippen molar-refractivity contribution in [2.45, 2.75) is 13.8 Å². The maximum absolute atomic E-state index is 13.4. The average molecular weight is 251 g/mol. The van der Waals surface area contributed by atoms with Gasteiger partial charge in [-0.1, -0.05) is 19.9 Å². The minimum absolute atomic E-state index is 0.181. The fourth-order valence-electron chi connectivity index (χ4n) is 1.32. The van der Waals surface area contributed by atoms with Gasteiger partial charge in [0.05, 0.1) is 7.11 Å². The van der Waals surface area contributed by atoms with Crippen molar-refractivity contribution < 1.29 is 13.9 Å². The zero-order chi connectivity index (χ0) is 13.5. The van der Waals surface area contributed by atoms with E-state index >= 15 is 0 Å².